The van der Waals surface area contributed by atoms with Crippen LogP contribution < -0.4 is 10.1 Å². The smallest absolute Gasteiger partial charge is 0.131 e. The van der Waals surface area contributed by atoms with Gasteiger partial charge in [0.15, 0.2) is 0 Å². The number of benzene rings is 1. The summed E-state index contributed by atoms with van der Waals surface area (Å²) < 4.78 is 24.6. The number of hydrogen-bond acceptors (Lipinski definition) is 3. The van der Waals surface area contributed by atoms with Gasteiger partial charge in [0.1, 0.15) is 11.6 Å². The molecule has 3 atom stereocenters. The van der Waals surface area contributed by atoms with E-state index in [0.717, 1.165) is 19.3 Å². The molecule has 106 valence electrons. The van der Waals surface area contributed by atoms with Gasteiger partial charge in [-0.05, 0) is 38.3 Å². The highest BCUT2D eigenvalue weighted by atomic mass is 19.1. The van der Waals surface area contributed by atoms with Crippen molar-refractivity contribution in [3.05, 3.63) is 29.6 Å². The van der Waals surface area contributed by atoms with Crippen molar-refractivity contribution >= 4 is 0 Å². The Morgan fingerprint density at radius 3 is 2.74 bits per heavy atom. The molecule has 1 saturated carbocycles. The Morgan fingerprint density at radius 2 is 2.11 bits per heavy atom. The van der Waals surface area contributed by atoms with E-state index in [1.807, 2.05) is 6.92 Å². The van der Waals surface area contributed by atoms with Gasteiger partial charge < -0.3 is 14.8 Å². The van der Waals surface area contributed by atoms with Crippen LogP contribution in [0.1, 0.15) is 37.8 Å². The third-order valence-electron chi connectivity index (χ3n) is 3.87. The summed E-state index contributed by atoms with van der Waals surface area (Å²) in [5.74, 6) is 0.377. The number of rotatable bonds is 5. The molecule has 3 nitrogen and oxygen atoms in total. The minimum Gasteiger partial charge on any atom is -0.496 e. The molecule has 3 unspecified atom stereocenters. The Kier molecular flexibility index (Phi) is 4.77. The SMILES string of the molecule is COc1cccc(F)c1C(C)NC1CCC(OC)C1. The van der Waals surface area contributed by atoms with Crippen molar-refractivity contribution in [1.82, 2.24) is 5.32 Å². The van der Waals surface area contributed by atoms with E-state index in [0.29, 0.717) is 23.5 Å². The van der Waals surface area contributed by atoms with Crippen LogP contribution in [-0.4, -0.2) is 26.4 Å². The van der Waals surface area contributed by atoms with Crippen LogP contribution in [0.4, 0.5) is 4.39 Å². The second kappa shape index (κ2) is 6.35. The van der Waals surface area contributed by atoms with Gasteiger partial charge in [-0.15, -0.1) is 0 Å². The second-order valence-corrected chi connectivity index (χ2v) is 5.11. The number of methoxy groups -OCH3 is 2. The van der Waals surface area contributed by atoms with Crippen molar-refractivity contribution in [1.29, 1.82) is 0 Å². The largest absolute Gasteiger partial charge is 0.496 e. The van der Waals surface area contributed by atoms with E-state index >= 15 is 0 Å². The third kappa shape index (κ3) is 3.25. The molecular weight excluding hydrogens is 245 g/mol. The molecule has 0 aliphatic heterocycles. The summed E-state index contributed by atoms with van der Waals surface area (Å²) >= 11 is 0. The number of ether oxygens (including phenoxy) is 2. The van der Waals surface area contributed by atoms with Gasteiger partial charge in [0, 0.05) is 24.8 Å². The topological polar surface area (TPSA) is 30.5 Å². The highest BCUT2D eigenvalue weighted by Gasteiger charge is 2.27. The van der Waals surface area contributed by atoms with Crippen molar-refractivity contribution in [2.75, 3.05) is 14.2 Å². The van der Waals surface area contributed by atoms with Gasteiger partial charge in [-0.2, -0.15) is 0 Å². The van der Waals surface area contributed by atoms with Crippen molar-refractivity contribution in [2.45, 2.75) is 44.4 Å². The zero-order valence-corrected chi connectivity index (χ0v) is 11.8. The first-order chi connectivity index (χ1) is 9.15. The Balaban J connectivity index is 2.06. The molecule has 1 N–H and O–H groups in total. The predicted octanol–water partition coefficient (Wildman–Crippen LogP) is 3.05. The molecule has 4 heteroatoms. The summed E-state index contributed by atoms with van der Waals surface area (Å²) in [5.41, 5.74) is 0.603. The van der Waals surface area contributed by atoms with Crippen LogP contribution in [-0.2, 0) is 4.74 Å². The molecule has 19 heavy (non-hydrogen) atoms. The average molecular weight is 267 g/mol. The van der Waals surface area contributed by atoms with Gasteiger partial charge in [0.25, 0.3) is 0 Å². The fourth-order valence-corrected chi connectivity index (χ4v) is 2.86. The highest BCUT2D eigenvalue weighted by molar-refractivity contribution is 5.37. The highest BCUT2D eigenvalue weighted by Crippen LogP contribution is 2.30. The summed E-state index contributed by atoms with van der Waals surface area (Å²) in [5, 5.41) is 3.47. The number of halogens is 1. The summed E-state index contributed by atoms with van der Waals surface area (Å²) in [4.78, 5) is 0. The maximum absolute atomic E-state index is 14.0. The predicted molar refractivity (Wildman–Crippen MR) is 72.9 cm³/mol. The normalized spacial score (nSPS) is 24.4. The molecule has 0 saturated heterocycles. The second-order valence-electron chi connectivity index (χ2n) is 5.11. The number of nitrogens with one attached hydrogen (secondary N) is 1. The van der Waals surface area contributed by atoms with Gasteiger partial charge in [-0.25, -0.2) is 4.39 Å². The fraction of sp³-hybridized carbons (Fsp3) is 0.600. The zero-order chi connectivity index (χ0) is 13.8. The van der Waals surface area contributed by atoms with E-state index in [1.54, 1.807) is 26.4 Å². The summed E-state index contributed by atoms with van der Waals surface area (Å²) in [6, 6.07) is 5.24. The lowest BCUT2D eigenvalue weighted by Crippen LogP contribution is -2.30. The summed E-state index contributed by atoms with van der Waals surface area (Å²) in [7, 11) is 3.32. The van der Waals surface area contributed by atoms with E-state index in [9.17, 15) is 4.39 Å². The quantitative estimate of drug-likeness (QED) is 0.889. The minimum atomic E-state index is -0.222. The molecule has 0 heterocycles. The Bertz CT molecular complexity index is 425. The maximum Gasteiger partial charge on any atom is 0.131 e. The molecular formula is C15H22FNO2. The van der Waals surface area contributed by atoms with Crippen LogP contribution in [0.25, 0.3) is 0 Å². The van der Waals surface area contributed by atoms with Crippen LogP contribution in [0.3, 0.4) is 0 Å². The van der Waals surface area contributed by atoms with Gasteiger partial charge in [-0.3, -0.25) is 0 Å². The monoisotopic (exact) mass is 267 g/mol. The van der Waals surface area contributed by atoms with Crippen molar-refractivity contribution in [3.63, 3.8) is 0 Å². The van der Waals surface area contributed by atoms with E-state index in [-0.39, 0.29) is 11.9 Å². The molecule has 1 aromatic rings. The lowest BCUT2D eigenvalue weighted by Gasteiger charge is -2.22. The Hall–Kier alpha value is -1.13. The standard InChI is InChI=1S/C15H22FNO2/c1-10(17-11-7-8-12(9-11)18-2)15-13(16)5-4-6-14(15)19-3/h4-6,10-12,17H,7-9H2,1-3H3. The third-order valence-corrected chi connectivity index (χ3v) is 3.87. The van der Waals surface area contributed by atoms with E-state index in [4.69, 9.17) is 9.47 Å². The fourth-order valence-electron chi connectivity index (χ4n) is 2.86. The molecule has 1 aliphatic rings. The molecule has 0 spiro atoms. The van der Waals surface area contributed by atoms with Crippen molar-refractivity contribution in [3.8, 4) is 5.75 Å². The first kappa shape index (κ1) is 14.3. The molecule has 1 aliphatic carbocycles. The van der Waals surface area contributed by atoms with Crippen molar-refractivity contribution in [2.24, 2.45) is 0 Å². The molecule has 1 fully saturated rings. The molecule has 0 bridgehead atoms. The molecule has 0 radical (unpaired) electrons. The van der Waals surface area contributed by atoms with E-state index in [1.165, 1.54) is 6.07 Å². The van der Waals surface area contributed by atoms with Crippen LogP contribution in [0.5, 0.6) is 5.75 Å². The van der Waals surface area contributed by atoms with Gasteiger partial charge in [0.2, 0.25) is 0 Å². The van der Waals surface area contributed by atoms with Gasteiger partial charge >= 0.3 is 0 Å². The Labute approximate surface area is 114 Å². The number of hydrogen-bond donors (Lipinski definition) is 1. The summed E-state index contributed by atoms with van der Waals surface area (Å²) in [6.07, 6.45) is 3.44. The summed E-state index contributed by atoms with van der Waals surface area (Å²) in [6.45, 7) is 1.97. The van der Waals surface area contributed by atoms with E-state index in [2.05, 4.69) is 5.32 Å². The zero-order valence-electron chi connectivity index (χ0n) is 11.8. The average Bonchev–Trinajstić information content (AvgIpc) is 2.85. The first-order valence-corrected chi connectivity index (χ1v) is 6.77. The maximum atomic E-state index is 14.0. The van der Waals surface area contributed by atoms with Gasteiger partial charge in [0.05, 0.1) is 13.2 Å². The Morgan fingerprint density at radius 1 is 1.32 bits per heavy atom. The lowest BCUT2D eigenvalue weighted by atomic mass is 10.0. The lowest BCUT2D eigenvalue weighted by molar-refractivity contribution is 0.106. The molecule has 1 aromatic carbocycles. The van der Waals surface area contributed by atoms with Crippen LogP contribution >= 0.6 is 0 Å². The first-order valence-electron chi connectivity index (χ1n) is 6.77. The molecule has 0 aromatic heterocycles. The van der Waals surface area contributed by atoms with E-state index < -0.39 is 0 Å². The van der Waals surface area contributed by atoms with Crippen LogP contribution in [0.2, 0.25) is 0 Å². The molecule has 2 rings (SSSR count). The van der Waals surface area contributed by atoms with Gasteiger partial charge in [-0.1, -0.05) is 6.07 Å². The van der Waals surface area contributed by atoms with Crippen molar-refractivity contribution < 1.29 is 13.9 Å². The molecule has 0 amide bonds. The van der Waals surface area contributed by atoms with Crippen LogP contribution in [0.15, 0.2) is 18.2 Å². The van der Waals surface area contributed by atoms with Crippen LogP contribution in [0, 0.1) is 5.82 Å². The minimum absolute atomic E-state index is 0.0724.